The molecular formula is C9H18N2O. The molecule has 12 heavy (non-hydrogen) atoms. The van der Waals surface area contributed by atoms with Crippen LogP contribution in [0.25, 0.3) is 0 Å². The summed E-state index contributed by atoms with van der Waals surface area (Å²) in [5, 5.41) is 0. The Labute approximate surface area is 74.2 Å². The molecule has 0 aliphatic heterocycles. The molecule has 1 amide bonds. The van der Waals surface area contributed by atoms with Gasteiger partial charge < -0.3 is 10.6 Å². The maximum Gasteiger partial charge on any atom is 0.222 e. The quantitative estimate of drug-likeness (QED) is 0.619. The van der Waals surface area contributed by atoms with Gasteiger partial charge in [0.05, 0.1) is 0 Å². The van der Waals surface area contributed by atoms with Gasteiger partial charge in [-0.25, -0.2) is 0 Å². The number of hydrogen-bond donors (Lipinski definition) is 1. The van der Waals surface area contributed by atoms with Gasteiger partial charge in [0.1, 0.15) is 0 Å². The number of carbonyl (C=O) groups excluding carboxylic acids is 1. The first kappa shape index (κ1) is 11.2. The third kappa shape index (κ3) is 4.91. The zero-order valence-corrected chi connectivity index (χ0v) is 7.97. The van der Waals surface area contributed by atoms with Crippen LogP contribution in [0.1, 0.15) is 19.8 Å². The Balaban J connectivity index is 3.69. The smallest absolute Gasteiger partial charge is 0.222 e. The zero-order valence-electron chi connectivity index (χ0n) is 7.97. The lowest BCUT2D eigenvalue weighted by molar-refractivity contribution is -0.129. The van der Waals surface area contributed by atoms with Crippen molar-refractivity contribution in [1.82, 2.24) is 4.90 Å². The summed E-state index contributed by atoms with van der Waals surface area (Å²) in [5.41, 5.74) is 6.29. The van der Waals surface area contributed by atoms with Crippen LogP contribution in [-0.2, 0) is 4.79 Å². The van der Waals surface area contributed by atoms with Crippen molar-refractivity contribution in [2.24, 2.45) is 5.73 Å². The molecule has 0 heterocycles. The number of likely N-dealkylation sites (N-methyl/N-ethyl adjacent to an activating group) is 1. The van der Waals surface area contributed by atoms with Gasteiger partial charge in [-0.05, 0) is 19.9 Å². The molecule has 3 heteroatoms. The van der Waals surface area contributed by atoms with Gasteiger partial charge in [0.15, 0.2) is 0 Å². The van der Waals surface area contributed by atoms with Crippen molar-refractivity contribution in [3.63, 3.8) is 0 Å². The lowest BCUT2D eigenvalue weighted by atomic mass is 10.2. The van der Waals surface area contributed by atoms with Crippen LogP contribution in [0.4, 0.5) is 0 Å². The van der Waals surface area contributed by atoms with Crippen molar-refractivity contribution in [2.75, 3.05) is 20.1 Å². The molecule has 3 nitrogen and oxygen atoms in total. The predicted molar refractivity (Wildman–Crippen MR) is 50.7 cm³/mol. The molecule has 0 aliphatic rings. The van der Waals surface area contributed by atoms with Crippen LogP contribution < -0.4 is 5.73 Å². The lowest BCUT2D eigenvalue weighted by Crippen LogP contribution is -2.28. The molecule has 0 saturated heterocycles. The van der Waals surface area contributed by atoms with E-state index in [1.165, 1.54) is 0 Å². The normalized spacial score (nSPS) is 9.58. The van der Waals surface area contributed by atoms with Crippen LogP contribution in [0.5, 0.6) is 0 Å². The van der Waals surface area contributed by atoms with Crippen LogP contribution in [0.3, 0.4) is 0 Å². The standard InChI is InChI=1S/C9H18N2O/c1-8(2)7-11(3)9(12)5-4-6-10/h1,4-7,10H2,2-3H3. The number of carbonyl (C=O) groups is 1. The van der Waals surface area contributed by atoms with E-state index < -0.39 is 0 Å². The second-order valence-corrected chi connectivity index (χ2v) is 3.10. The monoisotopic (exact) mass is 170 g/mol. The minimum absolute atomic E-state index is 0.142. The predicted octanol–water partition coefficient (Wildman–Crippen LogP) is 0.760. The Kier molecular flexibility index (Phi) is 5.37. The van der Waals surface area contributed by atoms with E-state index in [9.17, 15) is 4.79 Å². The van der Waals surface area contributed by atoms with Gasteiger partial charge in [-0.15, -0.1) is 0 Å². The lowest BCUT2D eigenvalue weighted by Gasteiger charge is -2.16. The molecule has 0 spiro atoms. The van der Waals surface area contributed by atoms with E-state index in [1.807, 2.05) is 6.92 Å². The second kappa shape index (κ2) is 5.77. The molecule has 0 fully saturated rings. The summed E-state index contributed by atoms with van der Waals surface area (Å²) >= 11 is 0. The first-order chi connectivity index (χ1) is 5.57. The van der Waals surface area contributed by atoms with Crippen LogP contribution in [0.2, 0.25) is 0 Å². The molecule has 0 unspecified atom stereocenters. The summed E-state index contributed by atoms with van der Waals surface area (Å²) in [6.45, 7) is 6.87. The molecule has 2 N–H and O–H groups in total. The van der Waals surface area contributed by atoms with Gasteiger partial charge in [0, 0.05) is 20.0 Å². The van der Waals surface area contributed by atoms with Crippen molar-refractivity contribution >= 4 is 5.91 Å². The average Bonchev–Trinajstić information content (AvgIpc) is 1.98. The highest BCUT2D eigenvalue weighted by Crippen LogP contribution is 1.97. The van der Waals surface area contributed by atoms with Crippen molar-refractivity contribution in [3.05, 3.63) is 12.2 Å². The summed E-state index contributed by atoms with van der Waals surface area (Å²) in [6.07, 6.45) is 1.31. The number of rotatable bonds is 5. The minimum Gasteiger partial charge on any atom is -0.342 e. The Bertz CT molecular complexity index is 166. The first-order valence-corrected chi connectivity index (χ1v) is 4.16. The minimum atomic E-state index is 0.142. The fourth-order valence-corrected chi connectivity index (χ4v) is 0.937. The van der Waals surface area contributed by atoms with E-state index in [-0.39, 0.29) is 5.91 Å². The zero-order chi connectivity index (χ0) is 9.56. The third-order valence-electron chi connectivity index (χ3n) is 1.53. The Morgan fingerprint density at radius 3 is 2.58 bits per heavy atom. The highest BCUT2D eigenvalue weighted by molar-refractivity contribution is 5.76. The molecule has 0 atom stereocenters. The molecule has 0 aliphatic carbocycles. The maximum atomic E-state index is 11.3. The summed E-state index contributed by atoms with van der Waals surface area (Å²) in [5.74, 6) is 0.142. The summed E-state index contributed by atoms with van der Waals surface area (Å²) in [4.78, 5) is 12.9. The number of nitrogens with zero attached hydrogens (tertiary/aromatic N) is 1. The molecule has 0 saturated carbocycles. The third-order valence-corrected chi connectivity index (χ3v) is 1.53. The molecule has 0 rings (SSSR count). The van der Waals surface area contributed by atoms with Gasteiger partial charge >= 0.3 is 0 Å². The molecule has 0 bridgehead atoms. The summed E-state index contributed by atoms with van der Waals surface area (Å²) < 4.78 is 0. The number of nitrogens with two attached hydrogens (primary N) is 1. The van der Waals surface area contributed by atoms with Crippen molar-refractivity contribution in [1.29, 1.82) is 0 Å². The van der Waals surface area contributed by atoms with Crippen LogP contribution in [0.15, 0.2) is 12.2 Å². The Hall–Kier alpha value is -0.830. The molecule has 0 radical (unpaired) electrons. The molecule has 0 aromatic carbocycles. The van der Waals surface area contributed by atoms with Gasteiger partial charge in [0.25, 0.3) is 0 Å². The van der Waals surface area contributed by atoms with Gasteiger partial charge in [0.2, 0.25) is 5.91 Å². The maximum absolute atomic E-state index is 11.3. The second-order valence-electron chi connectivity index (χ2n) is 3.10. The fourth-order valence-electron chi connectivity index (χ4n) is 0.937. The molecular weight excluding hydrogens is 152 g/mol. The van der Waals surface area contributed by atoms with Crippen molar-refractivity contribution in [2.45, 2.75) is 19.8 Å². The number of hydrogen-bond acceptors (Lipinski definition) is 2. The highest BCUT2D eigenvalue weighted by Gasteiger charge is 2.06. The van der Waals surface area contributed by atoms with E-state index in [0.717, 1.165) is 12.0 Å². The van der Waals surface area contributed by atoms with E-state index >= 15 is 0 Å². The van der Waals surface area contributed by atoms with Crippen molar-refractivity contribution < 1.29 is 4.79 Å². The topological polar surface area (TPSA) is 46.3 Å². The van der Waals surface area contributed by atoms with E-state index in [1.54, 1.807) is 11.9 Å². The largest absolute Gasteiger partial charge is 0.342 e. The van der Waals surface area contributed by atoms with E-state index in [4.69, 9.17) is 5.73 Å². The van der Waals surface area contributed by atoms with Crippen LogP contribution in [-0.4, -0.2) is 30.9 Å². The Morgan fingerprint density at radius 2 is 2.17 bits per heavy atom. The van der Waals surface area contributed by atoms with Crippen LogP contribution >= 0.6 is 0 Å². The molecule has 70 valence electrons. The van der Waals surface area contributed by atoms with Crippen molar-refractivity contribution in [3.8, 4) is 0 Å². The van der Waals surface area contributed by atoms with Crippen LogP contribution in [0, 0.1) is 0 Å². The van der Waals surface area contributed by atoms with E-state index in [2.05, 4.69) is 6.58 Å². The fraction of sp³-hybridized carbons (Fsp3) is 0.667. The van der Waals surface area contributed by atoms with Gasteiger partial charge in [-0.2, -0.15) is 0 Å². The average molecular weight is 170 g/mol. The Morgan fingerprint density at radius 1 is 1.58 bits per heavy atom. The number of amides is 1. The highest BCUT2D eigenvalue weighted by atomic mass is 16.2. The first-order valence-electron chi connectivity index (χ1n) is 4.16. The van der Waals surface area contributed by atoms with Gasteiger partial charge in [-0.3, -0.25) is 4.79 Å². The summed E-state index contributed by atoms with van der Waals surface area (Å²) in [7, 11) is 1.79. The molecule has 0 aromatic heterocycles. The molecule has 0 aromatic rings. The van der Waals surface area contributed by atoms with E-state index in [0.29, 0.717) is 19.5 Å². The summed E-state index contributed by atoms with van der Waals surface area (Å²) in [6, 6.07) is 0. The SMILES string of the molecule is C=C(C)CN(C)C(=O)CCCN. The van der Waals surface area contributed by atoms with Gasteiger partial charge in [-0.1, -0.05) is 12.2 Å².